The SMILES string of the molecule is CCOC(=O)C(C)=C(NC(N)=O)C(=O)c1ccccc1. The monoisotopic (exact) mass is 276 g/mol. The van der Waals surface area contributed by atoms with Crippen molar-refractivity contribution < 1.29 is 19.1 Å². The van der Waals surface area contributed by atoms with E-state index in [0.29, 0.717) is 5.56 Å². The summed E-state index contributed by atoms with van der Waals surface area (Å²) < 4.78 is 4.81. The molecule has 2 amide bonds. The van der Waals surface area contributed by atoms with Gasteiger partial charge in [-0.15, -0.1) is 0 Å². The molecule has 0 unspecified atom stereocenters. The number of urea groups is 1. The molecule has 0 spiro atoms. The van der Waals surface area contributed by atoms with Crippen molar-refractivity contribution in [3.8, 4) is 0 Å². The van der Waals surface area contributed by atoms with Crippen molar-refractivity contribution in [2.24, 2.45) is 5.73 Å². The first kappa shape index (κ1) is 15.4. The molecule has 1 aromatic carbocycles. The Balaban J connectivity index is 3.19. The smallest absolute Gasteiger partial charge is 0.335 e. The lowest BCUT2D eigenvalue weighted by atomic mass is 10.0. The van der Waals surface area contributed by atoms with Crippen LogP contribution in [0.25, 0.3) is 0 Å². The fourth-order valence-corrected chi connectivity index (χ4v) is 1.52. The van der Waals surface area contributed by atoms with E-state index in [0.717, 1.165) is 0 Å². The number of Topliss-reactive ketones (excluding diaryl/α,β-unsaturated/α-hetero) is 1. The number of allylic oxidation sites excluding steroid dienone is 1. The lowest BCUT2D eigenvalue weighted by Gasteiger charge is -2.11. The maximum atomic E-state index is 12.3. The number of amides is 2. The highest BCUT2D eigenvalue weighted by molar-refractivity contribution is 6.13. The van der Waals surface area contributed by atoms with Crippen LogP contribution >= 0.6 is 0 Å². The van der Waals surface area contributed by atoms with E-state index >= 15 is 0 Å². The van der Waals surface area contributed by atoms with Crippen LogP contribution in [0.15, 0.2) is 41.6 Å². The largest absolute Gasteiger partial charge is 0.463 e. The molecular formula is C14H16N2O4. The van der Waals surface area contributed by atoms with Gasteiger partial charge >= 0.3 is 12.0 Å². The van der Waals surface area contributed by atoms with E-state index < -0.39 is 17.8 Å². The number of carbonyl (C=O) groups is 3. The average molecular weight is 276 g/mol. The Kier molecular flexibility index (Phi) is 5.46. The molecule has 0 radical (unpaired) electrons. The number of ether oxygens (including phenoxy) is 1. The van der Waals surface area contributed by atoms with Crippen LogP contribution in [-0.2, 0) is 9.53 Å². The second-order valence-electron chi connectivity index (χ2n) is 3.90. The topological polar surface area (TPSA) is 98.5 Å². The molecule has 0 aromatic heterocycles. The van der Waals surface area contributed by atoms with Gasteiger partial charge in [-0.3, -0.25) is 4.79 Å². The molecule has 6 nitrogen and oxygen atoms in total. The molecular weight excluding hydrogens is 260 g/mol. The summed E-state index contributed by atoms with van der Waals surface area (Å²) in [5.41, 5.74) is 5.19. The predicted octanol–water partition coefficient (Wildman–Crippen LogP) is 1.37. The first-order valence-corrected chi connectivity index (χ1v) is 6.01. The van der Waals surface area contributed by atoms with E-state index in [1.807, 2.05) is 0 Å². The Bertz CT molecular complexity index is 550. The second-order valence-corrected chi connectivity index (χ2v) is 3.90. The van der Waals surface area contributed by atoms with Crippen molar-refractivity contribution in [2.75, 3.05) is 6.61 Å². The fraction of sp³-hybridized carbons (Fsp3) is 0.214. The van der Waals surface area contributed by atoms with Crippen LogP contribution in [0.4, 0.5) is 4.79 Å². The van der Waals surface area contributed by atoms with Gasteiger partial charge in [0.1, 0.15) is 5.70 Å². The van der Waals surface area contributed by atoms with Gasteiger partial charge in [-0.2, -0.15) is 0 Å². The van der Waals surface area contributed by atoms with E-state index in [-0.39, 0.29) is 17.9 Å². The Morgan fingerprint density at radius 2 is 1.80 bits per heavy atom. The van der Waals surface area contributed by atoms with E-state index in [1.54, 1.807) is 37.3 Å². The number of nitrogens with two attached hydrogens (primary N) is 1. The number of nitrogens with one attached hydrogen (secondary N) is 1. The first-order valence-electron chi connectivity index (χ1n) is 6.01. The highest BCUT2D eigenvalue weighted by Gasteiger charge is 2.21. The highest BCUT2D eigenvalue weighted by atomic mass is 16.5. The van der Waals surface area contributed by atoms with Crippen LogP contribution in [-0.4, -0.2) is 24.4 Å². The van der Waals surface area contributed by atoms with Gasteiger partial charge in [-0.25, -0.2) is 9.59 Å². The summed E-state index contributed by atoms with van der Waals surface area (Å²) in [6.45, 7) is 3.20. The Labute approximate surface area is 116 Å². The number of esters is 1. The van der Waals surface area contributed by atoms with Gasteiger partial charge in [0.15, 0.2) is 0 Å². The summed E-state index contributed by atoms with van der Waals surface area (Å²) in [6, 6.07) is 7.32. The van der Waals surface area contributed by atoms with E-state index in [2.05, 4.69) is 5.32 Å². The van der Waals surface area contributed by atoms with Gasteiger partial charge in [0.2, 0.25) is 5.78 Å². The van der Waals surface area contributed by atoms with Crippen molar-refractivity contribution >= 4 is 17.8 Å². The van der Waals surface area contributed by atoms with Crippen LogP contribution in [0.5, 0.6) is 0 Å². The molecule has 0 atom stereocenters. The number of hydrogen-bond donors (Lipinski definition) is 2. The number of carbonyl (C=O) groups excluding carboxylic acids is 3. The minimum absolute atomic E-state index is 0.000460. The standard InChI is InChI=1S/C14H16N2O4/c1-3-20-13(18)9(2)11(16-14(15)19)12(17)10-7-5-4-6-8-10/h4-8H,3H2,1-2H3,(H3,15,16,19). The predicted molar refractivity (Wildman–Crippen MR) is 72.8 cm³/mol. The molecule has 0 saturated heterocycles. The van der Waals surface area contributed by atoms with Crippen LogP contribution in [0.2, 0.25) is 0 Å². The van der Waals surface area contributed by atoms with E-state index in [4.69, 9.17) is 10.5 Å². The van der Waals surface area contributed by atoms with Crippen molar-refractivity contribution in [3.05, 3.63) is 47.2 Å². The molecule has 0 aliphatic carbocycles. The lowest BCUT2D eigenvalue weighted by Crippen LogP contribution is -2.34. The van der Waals surface area contributed by atoms with Gasteiger partial charge in [-0.05, 0) is 13.8 Å². The minimum Gasteiger partial charge on any atom is -0.463 e. The zero-order valence-electron chi connectivity index (χ0n) is 11.3. The normalized spacial score (nSPS) is 11.3. The quantitative estimate of drug-likeness (QED) is 0.482. The highest BCUT2D eigenvalue weighted by Crippen LogP contribution is 2.11. The van der Waals surface area contributed by atoms with Crippen LogP contribution < -0.4 is 11.1 Å². The number of ketones is 1. The van der Waals surface area contributed by atoms with Gasteiger partial charge in [-0.1, -0.05) is 30.3 Å². The third kappa shape index (κ3) is 3.94. The molecule has 0 bridgehead atoms. The molecule has 1 rings (SSSR count). The summed E-state index contributed by atoms with van der Waals surface area (Å²) in [4.78, 5) is 35.0. The molecule has 1 aromatic rings. The third-order valence-electron chi connectivity index (χ3n) is 2.47. The number of benzene rings is 1. The molecule has 0 fully saturated rings. The molecule has 106 valence electrons. The van der Waals surface area contributed by atoms with Crippen molar-refractivity contribution in [2.45, 2.75) is 13.8 Å². The number of primary amides is 1. The molecule has 6 heteroatoms. The summed E-state index contributed by atoms with van der Waals surface area (Å²) in [7, 11) is 0. The summed E-state index contributed by atoms with van der Waals surface area (Å²) in [5, 5.41) is 2.19. The van der Waals surface area contributed by atoms with E-state index in [1.165, 1.54) is 6.92 Å². The van der Waals surface area contributed by atoms with Crippen molar-refractivity contribution in [1.82, 2.24) is 5.32 Å². The van der Waals surface area contributed by atoms with Gasteiger partial charge in [0.05, 0.1) is 12.2 Å². The molecule has 0 aliphatic heterocycles. The summed E-state index contributed by atoms with van der Waals surface area (Å²) in [5.74, 6) is -1.18. The number of rotatable bonds is 5. The van der Waals surface area contributed by atoms with Crippen LogP contribution in [0.3, 0.4) is 0 Å². The summed E-state index contributed by atoms with van der Waals surface area (Å²) in [6.07, 6.45) is 0. The van der Waals surface area contributed by atoms with E-state index in [9.17, 15) is 14.4 Å². The lowest BCUT2D eigenvalue weighted by molar-refractivity contribution is -0.138. The molecule has 0 saturated carbocycles. The van der Waals surface area contributed by atoms with Gasteiger partial charge in [0.25, 0.3) is 0 Å². The molecule has 0 heterocycles. The molecule has 0 aliphatic rings. The maximum absolute atomic E-state index is 12.3. The first-order chi connectivity index (χ1) is 9.47. The maximum Gasteiger partial charge on any atom is 0.335 e. The van der Waals surface area contributed by atoms with Crippen LogP contribution in [0, 0.1) is 0 Å². The van der Waals surface area contributed by atoms with Gasteiger partial charge < -0.3 is 15.8 Å². The average Bonchev–Trinajstić information content (AvgIpc) is 2.44. The Morgan fingerprint density at radius 3 is 2.30 bits per heavy atom. The Hall–Kier alpha value is -2.63. The third-order valence-corrected chi connectivity index (χ3v) is 2.47. The summed E-state index contributed by atoms with van der Waals surface area (Å²) >= 11 is 0. The fourth-order valence-electron chi connectivity index (χ4n) is 1.52. The molecule has 20 heavy (non-hydrogen) atoms. The van der Waals surface area contributed by atoms with Gasteiger partial charge in [0, 0.05) is 5.56 Å². The molecule has 3 N–H and O–H groups in total. The number of hydrogen-bond acceptors (Lipinski definition) is 4. The zero-order chi connectivity index (χ0) is 15.1. The Morgan fingerprint density at radius 1 is 1.20 bits per heavy atom. The zero-order valence-corrected chi connectivity index (χ0v) is 11.3. The van der Waals surface area contributed by atoms with Crippen molar-refractivity contribution in [3.63, 3.8) is 0 Å². The van der Waals surface area contributed by atoms with Crippen molar-refractivity contribution in [1.29, 1.82) is 0 Å². The minimum atomic E-state index is -0.923. The van der Waals surface area contributed by atoms with Crippen LogP contribution in [0.1, 0.15) is 24.2 Å². The second kappa shape index (κ2) is 7.08.